The van der Waals surface area contributed by atoms with Crippen molar-refractivity contribution in [3.05, 3.63) is 46.0 Å². The molecular weight excluding hydrogens is 332 g/mol. The van der Waals surface area contributed by atoms with E-state index in [2.05, 4.69) is 15.6 Å². The van der Waals surface area contributed by atoms with Gasteiger partial charge >= 0.3 is 6.03 Å². The van der Waals surface area contributed by atoms with Crippen molar-refractivity contribution in [2.75, 3.05) is 5.32 Å². The molecule has 0 fully saturated rings. The SMILES string of the molecule is CC(NC(=O)Nc1nc2c(s1)CCCCC2)c1ccc(F)cc1F. The number of carbonyl (C=O) groups is 1. The Kier molecular flexibility index (Phi) is 5.08. The number of nitrogens with one attached hydrogen (secondary N) is 2. The monoisotopic (exact) mass is 351 g/mol. The lowest BCUT2D eigenvalue weighted by Gasteiger charge is -2.15. The van der Waals surface area contributed by atoms with E-state index in [1.165, 1.54) is 34.8 Å². The van der Waals surface area contributed by atoms with Crippen molar-refractivity contribution in [2.24, 2.45) is 0 Å². The molecule has 1 aliphatic carbocycles. The van der Waals surface area contributed by atoms with Crippen LogP contribution in [-0.4, -0.2) is 11.0 Å². The Morgan fingerprint density at radius 3 is 2.83 bits per heavy atom. The van der Waals surface area contributed by atoms with Crippen LogP contribution in [0, 0.1) is 11.6 Å². The molecule has 7 heteroatoms. The summed E-state index contributed by atoms with van der Waals surface area (Å²) in [6.45, 7) is 1.65. The van der Waals surface area contributed by atoms with Crippen LogP contribution in [0.4, 0.5) is 18.7 Å². The minimum Gasteiger partial charge on any atom is -0.331 e. The van der Waals surface area contributed by atoms with E-state index >= 15 is 0 Å². The zero-order chi connectivity index (χ0) is 17.1. The molecular formula is C17H19F2N3OS. The zero-order valence-electron chi connectivity index (χ0n) is 13.4. The van der Waals surface area contributed by atoms with Crippen molar-refractivity contribution in [1.29, 1.82) is 0 Å². The summed E-state index contributed by atoms with van der Waals surface area (Å²) < 4.78 is 26.7. The van der Waals surface area contributed by atoms with E-state index < -0.39 is 23.7 Å². The summed E-state index contributed by atoms with van der Waals surface area (Å²) >= 11 is 1.50. The fourth-order valence-corrected chi connectivity index (χ4v) is 3.89. The second kappa shape index (κ2) is 7.25. The first kappa shape index (κ1) is 16.8. The van der Waals surface area contributed by atoms with E-state index in [0.29, 0.717) is 5.13 Å². The maximum atomic E-state index is 13.7. The number of benzene rings is 1. The second-order valence-electron chi connectivity index (χ2n) is 5.94. The minimum absolute atomic E-state index is 0.237. The van der Waals surface area contributed by atoms with Crippen molar-refractivity contribution in [1.82, 2.24) is 10.3 Å². The normalized spacial score (nSPS) is 15.3. The molecule has 0 aliphatic heterocycles. The predicted molar refractivity (Wildman–Crippen MR) is 90.3 cm³/mol. The number of thiazole rings is 1. The minimum atomic E-state index is -0.677. The Morgan fingerprint density at radius 2 is 2.04 bits per heavy atom. The molecule has 1 atom stereocenters. The lowest BCUT2D eigenvalue weighted by molar-refractivity contribution is 0.249. The lowest BCUT2D eigenvalue weighted by atomic mass is 10.1. The lowest BCUT2D eigenvalue weighted by Crippen LogP contribution is -2.31. The average Bonchev–Trinajstić information content (AvgIpc) is 2.75. The number of rotatable bonds is 3. The molecule has 1 heterocycles. The summed E-state index contributed by atoms with van der Waals surface area (Å²) in [6, 6.07) is 2.29. The summed E-state index contributed by atoms with van der Waals surface area (Å²) in [6.07, 6.45) is 5.46. The van der Waals surface area contributed by atoms with Gasteiger partial charge in [0.15, 0.2) is 5.13 Å². The van der Waals surface area contributed by atoms with Crippen LogP contribution in [0.3, 0.4) is 0 Å². The van der Waals surface area contributed by atoms with Gasteiger partial charge in [-0.3, -0.25) is 5.32 Å². The van der Waals surface area contributed by atoms with Gasteiger partial charge in [-0.1, -0.05) is 12.5 Å². The van der Waals surface area contributed by atoms with Gasteiger partial charge in [0.1, 0.15) is 11.6 Å². The second-order valence-corrected chi connectivity index (χ2v) is 7.02. The van der Waals surface area contributed by atoms with Crippen LogP contribution in [0.1, 0.15) is 48.4 Å². The molecule has 1 aromatic carbocycles. The fourth-order valence-electron chi connectivity index (χ4n) is 2.84. The number of anilines is 1. The largest absolute Gasteiger partial charge is 0.331 e. The third kappa shape index (κ3) is 3.90. The zero-order valence-corrected chi connectivity index (χ0v) is 14.2. The van der Waals surface area contributed by atoms with Crippen molar-refractivity contribution < 1.29 is 13.6 Å². The van der Waals surface area contributed by atoms with Gasteiger partial charge < -0.3 is 5.32 Å². The highest BCUT2D eigenvalue weighted by Crippen LogP contribution is 2.29. The first-order chi connectivity index (χ1) is 11.5. The average molecular weight is 351 g/mol. The first-order valence-corrected chi connectivity index (χ1v) is 8.85. The molecule has 0 saturated carbocycles. The van der Waals surface area contributed by atoms with Gasteiger partial charge in [0.05, 0.1) is 11.7 Å². The smallest absolute Gasteiger partial charge is 0.321 e. The Hall–Kier alpha value is -2.02. The summed E-state index contributed by atoms with van der Waals surface area (Å²) in [7, 11) is 0. The third-order valence-electron chi connectivity index (χ3n) is 4.09. The highest BCUT2D eigenvalue weighted by molar-refractivity contribution is 7.15. The van der Waals surface area contributed by atoms with Crippen LogP contribution >= 0.6 is 11.3 Å². The number of fused-ring (bicyclic) bond motifs is 1. The molecule has 2 N–H and O–H groups in total. The topological polar surface area (TPSA) is 54.0 Å². The number of carbonyl (C=O) groups excluding carboxylic acids is 1. The van der Waals surface area contributed by atoms with Crippen molar-refractivity contribution >= 4 is 22.5 Å². The molecule has 1 unspecified atom stereocenters. The molecule has 2 amide bonds. The molecule has 128 valence electrons. The molecule has 4 nitrogen and oxygen atoms in total. The molecule has 2 aromatic rings. The van der Waals surface area contributed by atoms with Crippen LogP contribution < -0.4 is 10.6 Å². The maximum Gasteiger partial charge on any atom is 0.321 e. The van der Waals surface area contributed by atoms with Crippen LogP contribution in [0.15, 0.2) is 18.2 Å². The first-order valence-electron chi connectivity index (χ1n) is 8.04. The van der Waals surface area contributed by atoms with E-state index in [0.717, 1.165) is 37.4 Å². The summed E-state index contributed by atoms with van der Waals surface area (Å²) in [5.41, 5.74) is 1.31. The number of halogens is 2. The van der Waals surface area contributed by atoms with Crippen molar-refractivity contribution in [2.45, 2.75) is 45.1 Å². The number of nitrogens with zero attached hydrogens (tertiary/aromatic N) is 1. The molecule has 24 heavy (non-hydrogen) atoms. The van der Waals surface area contributed by atoms with Crippen molar-refractivity contribution in [3.8, 4) is 0 Å². The quantitative estimate of drug-likeness (QED) is 0.796. The highest BCUT2D eigenvalue weighted by Gasteiger charge is 2.17. The van der Waals surface area contributed by atoms with Gasteiger partial charge in [-0.05, 0) is 38.7 Å². The van der Waals surface area contributed by atoms with E-state index in [9.17, 15) is 13.6 Å². The van der Waals surface area contributed by atoms with Gasteiger partial charge in [-0.2, -0.15) is 0 Å². The van der Waals surface area contributed by atoms with Crippen LogP contribution in [0.5, 0.6) is 0 Å². The summed E-state index contributed by atoms with van der Waals surface area (Å²) in [4.78, 5) is 17.8. The Labute approximate surface area is 143 Å². The Balaban J connectivity index is 1.63. The number of hydrogen-bond donors (Lipinski definition) is 2. The van der Waals surface area contributed by atoms with Crippen molar-refractivity contribution in [3.63, 3.8) is 0 Å². The number of aromatic nitrogens is 1. The highest BCUT2D eigenvalue weighted by atomic mass is 32.1. The Bertz CT molecular complexity index is 724. The van der Waals surface area contributed by atoms with Gasteiger partial charge in [-0.25, -0.2) is 18.6 Å². The number of amides is 2. The summed E-state index contributed by atoms with van der Waals surface area (Å²) in [5.74, 6) is -1.32. The van der Waals surface area contributed by atoms with Crippen LogP contribution in [-0.2, 0) is 12.8 Å². The summed E-state index contributed by atoms with van der Waals surface area (Å²) in [5, 5.41) is 5.93. The van der Waals surface area contributed by atoms with E-state index in [1.807, 2.05) is 0 Å². The number of aryl methyl sites for hydroxylation is 2. The molecule has 1 aliphatic rings. The predicted octanol–water partition coefficient (Wildman–Crippen LogP) is 4.57. The molecule has 0 spiro atoms. The molecule has 0 saturated heterocycles. The van der Waals surface area contributed by atoms with Crippen LogP contribution in [0.25, 0.3) is 0 Å². The van der Waals surface area contributed by atoms with E-state index in [1.54, 1.807) is 6.92 Å². The maximum absolute atomic E-state index is 13.7. The number of hydrogen-bond acceptors (Lipinski definition) is 3. The van der Waals surface area contributed by atoms with E-state index in [4.69, 9.17) is 0 Å². The van der Waals surface area contributed by atoms with Crippen LogP contribution in [0.2, 0.25) is 0 Å². The van der Waals surface area contributed by atoms with Gasteiger partial charge in [0.2, 0.25) is 0 Å². The number of urea groups is 1. The molecule has 0 radical (unpaired) electrons. The standard InChI is InChI=1S/C17H19F2N3OS/c1-10(12-8-7-11(18)9-13(12)19)20-16(23)22-17-21-14-5-3-2-4-6-15(14)24-17/h7-10H,2-6H2,1H3,(H2,20,21,22,23). The Morgan fingerprint density at radius 1 is 1.25 bits per heavy atom. The molecule has 1 aromatic heterocycles. The molecule has 3 rings (SSSR count). The molecule has 0 bridgehead atoms. The third-order valence-corrected chi connectivity index (χ3v) is 5.17. The van der Waals surface area contributed by atoms with Gasteiger partial charge in [0, 0.05) is 16.5 Å². The van der Waals surface area contributed by atoms with E-state index in [-0.39, 0.29) is 5.56 Å². The fraction of sp³-hybridized carbons (Fsp3) is 0.412. The van der Waals surface area contributed by atoms with Gasteiger partial charge in [0.25, 0.3) is 0 Å². The van der Waals surface area contributed by atoms with Gasteiger partial charge in [-0.15, -0.1) is 11.3 Å².